The monoisotopic (exact) mass is 251 g/mol. The van der Waals surface area contributed by atoms with Gasteiger partial charge in [0.2, 0.25) is 0 Å². The van der Waals surface area contributed by atoms with E-state index in [9.17, 15) is 4.79 Å². The molecule has 1 unspecified atom stereocenters. The van der Waals surface area contributed by atoms with Crippen molar-refractivity contribution in [2.45, 2.75) is 57.6 Å². The molecule has 0 spiro atoms. The fourth-order valence-corrected chi connectivity index (χ4v) is 2.07. The Balaban J connectivity index is 2.14. The van der Waals surface area contributed by atoms with Crippen LogP contribution in [0.1, 0.15) is 46.2 Å². The summed E-state index contributed by atoms with van der Waals surface area (Å²) in [6, 6.07) is 0.0551. The van der Waals surface area contributed by atoms with Gasteiger partial charge in [-0.25, -0.2) is 14.3 Å². The van der Waals surface area contributed by atoms with Crippen molar-refractivity contribution in [1.82, 2.24) is 9.55 Å². The van der Waals surface area contributed by atoms with E-state index >= 15 is 0 Å². The molecule has 2 rings (SSSR count). The molecule has 0 bridgehead atoms. The molecule has 1 aliphatic rings. The van der Waals surface area contributed by atoms with Crippen molar-refractivity contribution in [3.63, 3.8) is 0 Å². The molecule has 0 saturated heterocycles. The SMILES string of the molecule is CC(N)C1(c2cn(C(=O)OC(C)(C)C)cn2)CC1. The average Bonchev–Trinajstić information content (AvgIpc) is 2.87. The first-order valence-electron chi connectivity index (χ1n) is 6.28. The van der Waals surface area contributed by atoms with Crippen molar-refractivity contribution >= 4 is 6.09 Å². The smallest absolute Gasteiger partial charge is 0.419 e. The molecule has 1 fully saturated rings. The van der Waals surface area contributed by atoms with Crippen molar-refractivity contribution < 1.29 is 9.53 Å². The Labute approximate surface area is 107 Å². The number of rotatable bonds is 2. The summed E-state index contributed by atoms with van der Waals surface area (Å²) in [5.74, 6) is 0. The number of ether oxygens (including phenoxy) is 1. The van der Waals surface area contributed by atoms with E-state index in [0.717, 1.165) is 18.5 Å². The largest absolute Gasteiger partial charge is 0.443 e. The summed E-state index contributed by atoms with van der Waals surface area (Å²) in [6.45, 7) is 7.51. The predicted octanol–water partition coefficient (Wildman–Crippen LogP) is 2.05. The molecule has 1 aromatic heterocycles. The molecule has 1 atom stereocenters. The van der Waals surface area contributed by atoms with E-state index in [1.165, 1.54) is 10.9 Å². The Kier molecular flexibility index (Phi) is 2.97. The van der Waals surface area contributed by atoms with Crippen LogP contribution in [0.5, 0.6) is 0 Å². The minimum Gasteiger partial charge on any atom is -0.443 e. The Bertz CT molecular complexity index is 453. The van der Waals surface area contributed by atoms with Gasteiger partial charge in [-0.3, -0.25) is 0 Å². The summed E-state index contributed by atoms with van der Waals surface area (Å²) in [5, 5.41) is 0. The van der Waals surface area contributed by atoms with Gasteiger partial charge in [0.1, 0.15) is 11.9 Å². The molecule has 2 N–H and O–H groups in total. The van der Waals surface area contributed by atoms with Gasteiger partial charge in [0.15, 0.2) is 0 Å². The fraction of sp³-hybridized carbons (Fsp3) is 0.692. The first-order valence-corrected chi connectivity index (χ1v) is 6.28. The van der Waals surface area contributed by atoms with Crippen LogP contribution in [0.3, 0.4) is 0 Å². The highest BCUT2D eigenvalue weighted by atomic mass is 16.6. The molecule has 0 radical (unpaired) electrons. The average molecular weight is 251 g/mol. The Hall–Kier alpha value is -1.36. The number of hydrogen-bond donors (Lipinski definition) is 1. The van der Waals surface area contributed by atoms with Gasteiger partial charge < -0.3 is 10.5 Å². The number of imidazole rings is 1. The summed E-state index contributed by atoms with van der Waals surface area (Å²) in [7, 11) is 0. The molecule has 1 saturated carbocycles. The normalized spacial score (nSPS) is 19.4. The van der Waals surface area contributed by atoms with Crippen LogP contribution >= 0.6 is 0 Å². The molecule has 18 heavy (non-hydrogen) atoms. The van der Waals surface area contributed by atoms with Crippen molar-refractivity contribution in [2.75, 3.05) is 0 Å². The zero-order chi connectivity index (χ0) is 13.6. The lowest BCUT2D eigenvalue weighted by Gasteiger charge is -2.19. The molecule has 1 aliphatic carbocycles. The van der Waals surface area contributed by atoms with Gasteiger partial charge in [-0.2, -0.15) is 0 Å². The van der Waals surface area contributed by atoms with Crippen molar-refractivity contribution in [3.8, 4) is 0 Å². The van der Waals surface area contributed by atoms with Gasteiger partial charge in [-0.1, -0.05) is 0 Å². The second-order valence-corrected chi connectivity index (χ2v) is 6.09. The Morgan fingerprint density at radius 3 is 2.61 bits per heavy atom. The maximum absolute atomic E-state index is 11.9. The first kappa shape index (κ1) is 13.1. The highest BCUT2D eigenvalue weighted by Gasteiger charge is 2.49. The van der Waals surface area contributed by atoms with Gasteiger partial charge in [0.05, 0.1) is 5.69 Å². The van der Waals surface area contributed by atoms with Crippen LogP contribution in [-0.2, 0) is 10.2 Å². The summed E-state index contributed by atoms with van der Waals surface area (Å²) in [5.41, 5.74) is 6.34. The van der Waals surface area contributed by atoms with E-state index in [-0.39, 0.29) is 11.5 Å². The zero-order valence-corrected chi connectivity index (χ0v) is 11.4. The van der Waals surface area contributed by atoms with E-state index in [0.29, 0.717) is 0 Å². The number of nitrogens with two attached hydrogens (primary N) is 1. The lowest BCUT2D eigenvalue weighted by Crippen LogP contribution is -2.32. The minimum absolute atomic E-state index is 0.0345. The topological polar surface area (TPSA) is 70.1 Å². The zero-order valence-electron chi connectivity index (χ0n) is 11.4. The van der Waals surface area contributed by atoms with Gasteiger partial charge in [-0.15, -0.1) is 0 Å². The molecular weight excluding hydrogens is 230 g/mol. The summed E-state index contributed by atoms with van der Waals surface area (Å²) < 4.78 is 6.68. The predicted molar refractivity (Wildman–Crippen MR) is 68.4 cm³/mol. The molecule has 0 aromatic carbocycles. The number of carbonyl (C=O) groups excluding carboxylic acids is 1. The number of hydrogen-bond acceptors (Lipinski definition) is 4. The van der Waals surface area contributed by atoms with Crippen LogP contribution in [0.15, 0.2) is 12.5 Å². The lowest BCUT2D eigenvalue weighted by atomic mass is 9.95. The van der Waals surface area contributed by atoms with Crippen LogP contribution < -0.4 is 5.73 Å². The van der Waals surface area contributed by atoms with Gasteiger partial charge in [0.25, 0.3) is 0 Å². The molecule has 0 amide bonds. The number of nitrogens with zero attached hydrogens (tertiary/aromatic N) is 2. The molecule has 5 nitrogen and oxygen atoms in total. The van der Waals surface area contributed by atoms with Gasteiger partial charge in [-0.05, 0) is 40.5 Å². The highest BCUT2D eigenvalue weighted by molar-refractivity contribution is 5.70. The maximum Gasteiger partial charge on any atom is 0.419 e. The van der Waals surface area contributed by atoms with Gasteiger partial charge >= 0.3 is 6.09 Å². The van der Waals surface area contributed by atoms with E-state index in [4.69, 9.17) is 10.5 Å². The molecule has 1 heterocycles. The van der Waals surface area contributed by atoms with Gasteiger partial charge in [0, 0.05) is 17.7 Å². The third-order valence-corrected chi connectivity index (χ3v) is 3.36. The van der Waals surface area contributed by atoms with E-state index in [2.05, 4.69) is 4.98 Å². The number of carbonyl (C=O) groups is 1. The van der Waals surface area contributed by atoms with Crippen LogP contribution in [-0.4, -0.2) is 27.3 Å². The van der Waals surface area contributed by atoms with Crippen molar-refractivity contribution in [2.24, 2.45) is 5.73 Å². The summed E-state index contributed by atoms with van der Waals surface area (Å²) >= 11 is 0. The maximum atomic E-state index is 11.9. The van der Waals surface area contributed by atoms with Crippen LogP contribution in [0.25, 0.3) is 0 Å². The summed E-state index contributed by atoms with van der Waals surface area (Å²) in [4.78, 5) is 16.2. The van der Waals surface area contributed by atoms with Crippen LogP contribution in [0, 0.1) is 0 Å². The third kappa shape index (κ3) is 2.41. The standard InChI is InChI=1S/C13H21N3O2/c1-9(14)13(5-6-13)10-7-16(8-15-10)11(17)18-12(2,3)4/h7-9H,5-6,14H2,1-4H3. The first-order chi connectivity index (χ1) is 8.24. The lowest BCUT2D eigenvalue weighted by molar-refractivity contribution is 0.0536. The van der Waals surface area contributed by atoms with E-state index in [1.807, 2.05) is 27.7 Å². The third-order valence-electron chi connectivity index (χ3n) is 3.36. The molecule has 1 aromatic rings. The second-order valence-electron chi connectivity index (χ2n) is 6.09. The Morgan fingerprint density at radius 1 is 1.56 bits per heavy atom. The van der Waals surface area contributed by atoms with Crippen molar-refractivity contribution in [1.29, 1.82) is 0 Å². The number of aromatic nitrogens is 2. The van der Waals surface area contributed by atoms with E-state index < -0.39 is 11.7 Å². The van der Waals surface area contributed by atoms with Crippen LogP contribution in [0.4, 0.5) is 4.79 Å². The fourth-order valence-electron chi connectivity index (χ4n) is 2.07. The van der Waals surface area contributed by atoms with E-state index in [1.54, 1.807) is 6.20 Å². The molecule has 0 aliphatic heterocycles. The summed E-state index contributed by atoms with van der Waals surface area (Å²) in [6.07, 6.45) is 4.92. The quantitative estimate of drug-likeness (QED) is 0.873. The molecule has 5 heteroatoms. The van der Waals surface area contributed by atoms with Crippen LogP contribution in [0.2, 0.25) is 0 Å². The minimum atomic E-state index is -0.500. The highest BCUT2D eigenvalue weighted by Crippen LogP contribution is 2.49. The molecule has 100 valence electrons. The van der Waals surface area contributed by atoms with Crippen molar-refractivity contribution in [3.05, 3.63) is 18.2 Å². The molecular formula is C13H21N3O2. The Morgan fingerprint density at radius 2 is 2.17 bits per heavy atom. The second kappa shape index (κ2) is 4.09.